The van der Waals surface area contributed by atoms with Crippen molar-refractivity contribution in [2.45, 2.75) is 0 Å². The second kappa shape index (κ2) is 3.74. The molecule has 1 rings (SSSR count). The van der Waals surface area contributed by atoms with E-state index in [2.05, 4.69) is 0 Å². The number of hydrogen-bond donors (Lipinski definition) is 0. The van der Waals surface area contributed by atoms with Gasteiger partial charge in [0.05, 0.1) is 0 Å². The Bertz CT molecular complexity index is 115. The highest BCUT2D eigenvalue weighted by atomic mass is 35.5. The second-order valence-corrected chi connectivity index (χ2v) is 3.70. The molecule has 0 aromatic heterocycles. The van der Waals surface area contributed by atoms with Gasteiger partial charge in [-0.1, -0.05) is 0 Å². The fourth-order valence-corrected chi connectivity index (χ4v) is 1.64. The van der Waals surface area contributed by atoms with Crippen LogP contribution in [0.3, 0.4) is 0 Å². The van der Waals surface area contributed by atoms with Crippen molar-refractivity contribution in [3.05, 3.63) is 0 Å². The van der Waals surface area contributed by atoms with Crippen LogP contribution in [0.5, 0.6) is 0 Å². The Morgan fingerprint density at radius 1 is 0.667 bits per heavy atom. The van der Waals surface area contributed by atoms with E-state index in [4.69, 9.17) is 22.9 Å². The van der Waals surface area contributed by atoms with Gasteiger partial charge in [-0.15, -0.1) is 22.9 Å². The number of hydrogen-bond acceptors (Lipinski definition) is 4. The van der Waals surface area contributed by atoms with Crippen LogP contribution in [0.4, 0.5) is 0 Å². The van der Waals surface area contributed by atoms with E-state index in [1.165, 1.54) is 0 Å². The molecule has 0 spiro atoms. The molecule has 1 aliphatic heterocycles. The lowest BCUT2D eigenvalue weighted by atomic mass is 9.98. The maximum Gasteiger partial charge on any atom is 0.445 e. The highest BCUT2D eigenvalue weighted by Gasteiger charge is 2.42. The average molecular weight is 209 g/mol. The van der Waals surface area contributed by atoms with Gasteiger partial charge in [0.1, 0.15) is 0 Å². The van der Waals surface area contributed by atoms with Crippen molar-refractivity contribution in [2.24, 2.45) is 0 Å². The van der Waals surface area contributed by atoms with Gasteiger partial charge in [0.25, 0.3) is 0 Å². The molecule has 0 aliphatic carbocycles. The van der Waals surface area contributed by atoms with E-state index < -0.39 is 0 Å². The molecule has 0 radical (unpaired) electrons. The number of nitrogens with zero attached hydrogens (tertiary/aromatic N) is 4. The van der Waals surface area contributed by atoms with Crippen LogP contribution in [0, 0.1) is 0 Å². The molecule has 1 saturated heterocycles. The van der Waals surface area contributed by atoms with Crippen molar-refractivity contribution in [1.82, 2.24) is 19.7 Å². The Kier molecular flexibility index (Phi) is 3.31. The summed E-state index contributed by atoms with van der Waals surface area (Å²) in [7, 11) is 7.60. The maximum absolute atomic E-state index is 6.08. The third kappa shape index (κ3) is 1.60. The van der Waals surface area contributed by atoms with Crippen molar-refractivity contribution in [3.8, 4) is 0 Å². The Balaban J connectivity index is 2.76. The van der Waals surface area contributed by atoms with Crippen molar-refractivity contribution in [3.63, 3.8) is 0 Å². The summed E-state index contributed by atoms with van der Waals surface area (Å²) in [6, 6.07) is 0. The van der Waals surface area contributed by atoms with Crippen molar-refractivity contribution < 1.29 is 0 Å². The zero-order valence-corrected chi connectivity index (χ0v) is 9.21. The Hall–Kier alpha value is 0.550. The minimum absolute atomic E-state index is 0.185. The van der Waals surface area contributed by atoms with Crippen molar-refractivity contribution in [1.29, 1.82) is 0 Å². The van der Waals surface area contributed by atoms with Gasteiger partial charge in [-0.2, -0.15) is 0 Å². The molecule has 1 fully saturated rings. The van der Waals surface area contributed by atoms with E-state index in [1.54, 1.807) is 0 Å². The first-order valence-corrected chi connectivity index (χ1v) is 4.53. The van der Waals surface area contributed by atoms with Crippen LogP contribution in [-0.2, 0) is 0 Å². The van der Waals surface area contributed by atoms with Crippen LogP contribution >= 0.6 is 22.9 Å². The third-order valence-corrected chi connectivity index (χ3v) is 3.36. The molecule has 0 bridgehead atoms. The summed E-state index contributed by atoms with van der Waals surface area (Å²) >= 11 is 12.2. The average Bonchev–Trinajstić information content (AvgIpc) is 2.08. The van der Waals surface area contributed by atoms with Crippen LogP contribution in [0.25, 0.3) is 0 Å². The summed E-state index contributed by atoms with van der Waals surface area (Å²) < 4.78 is 0. The van der Waals surface area contributed by atoms with E-state index in [0.717, 1.165) is 0 Å². The smallest absolute Gasteiger partial charge is 0.260 e. The number of hydrazine groups is 2. The summed E-state index contributed by atoms with van der Waals surface area (Å²) in [4.78, 5) is 7.50. The Morgan fingerprint density at radius 2 is 0.833 bits per heavy atom. The van der Waals surface area contributed by atoms with Gasteiger partial charge < -0.3 is 0 Å². The minimum Gasteiger partial charge on any atom is -0.260 e. The number of halogens is 2. The zero-order chi connectivity index (χ0) is 9.46. The molecule has 68 valence electrons. The summed E-state index contributed by atoms with van der Waals surface area (Å²) in [5, 5.41) is 0. The molecular weight excluding hydrogens is 197 g/mol. The molecule has 0 aromatic carbocycles. The van der Waals surface area contributed by atoms with E-state index >= 15 is 0 Å². The highest BCUT2D eigenvalue weighted by Crippen LogP contribution is 2.18. The predicted octanol–water partition coefficient (Wildman–Crippen LogP) is 0.00460. The lowest BCUT2D eigenvalue weighted by molar-refractivity contribution is 0.0987. The summed E-state index contributed by atoms with van der Waals surface area (Å²) in [6.07, 6.45) is -0.370. The van der Waals surface area contributed by atoms with Gasteiger partial charge in [-0.25, -0.2) is 0 Å². The molecule has 0 aromatic rings. The third-order valence-electron chi connectivity index (χ3n) is 2.23. The maximum atomic E-state index is 6.08. The first kappa shape index (κ1) is 10.6. The largest absolute Gasteiger partial charge is 0.445 e. The standard InChI is InChI=1S/C4H12B2Cl2N4/c1-9-5(7)11(3)12(4)6(8)10(9)2/h1-4H3. The predicted molar refractivity (Wildman–Crippen MR) is 54.3 cm³/mol. The quantitative estimate of drug-likeness (QED) is 0.520. The molecule has 4 nitrogen and oxygen atoms in total. The minimum atomic E-state index is -0.185. The van der Waals surface area contributed by atoms with Gasteiger partial charge in [0.15, 0.2) is 0 Å². The monoisotopic (exact) mass is 208 g/mol. The van der Waals surface area contributed by atoms with E-state index in [9.17, 15) is 0 Å². The van der Waals surface area contributed by atoms with Gasteiger partial charge in [0.2, 0.25) is 0 Å². The van der Waals surface area contributed by atoms with E-state index in [0.29, 0.717) is 0 Å². The molecule has 0 amide bonds. The lowest BCUT2D eigenvalue weighted by Crippen LogP contribution is -2.70. The lowest BCUT2D eigenvalue weighted by Gasteiger charge is -2.47. The molecule has 1 heterocycles. The molecule has 8 heteroatoms. The second-order valence-electron chi connectivity index (χ2n) is 2.92. The van der Waals surface area contributed by atoms with E-state index in [1.807, 2.05) is 47.9 Å². The molecular formula is C4H12B2Cl2N4. The molecule has 12 heavy (non-hydrogen) atoms. The van der Waals surface area contributed by atoms with Gasteiger partial charge in [0, 0.05) is 0 Å². The summed E-state index contributed by atoms with van der Waals surface area (Å²) in [5.74, 6) is 0. The Morgan fingerprint density at radius 3 is 1.00 bits per heavy atom. The van der Waals surface area contributed by atoms with Crippen molar-refractivity contribution >= 4 is 35.7 Å². The number of rotatable bonds is 0. The van der Waals surface area contributed by atoms with Crippen molar-refractivity contribution in [2.75, 3.05) is 28.2 Å². The first-order valence-electron chi connectivity index (χ1n) is 3.66. The van der Waals surface area contributed by atoms with Crippen LogP contribution in [0.2, 0.25) is 0 Å². The molecule has 0 saturated carbocycles. The topological polar surface area (TPSA) is 13.0 Å². The fourth-order valence-electron chi connectivity index (χ4n) is 1.08. The fraction of sp³-hybridized carbons (Fsp3) is 1.00. The molecule has 0 atom stereocenters. The van der Waals surface area contributed by atoms with Gasteiger partial charge in [-0.3, -0.25) is 19.7 Å². The zero-order valence-electron chi connectivity index (χ0n) is 7.70. The van der Waals surface area contributed by atoms with Gasteiger partial charge >= 0.3 is 12.8 Å². The van der Waals surface area contributed by atoms with Crippen LogP contribution < -0.4 is 0 Å². The first-order chi connectivity index (χ1) is 5.46. The van der Waals surface area contributed by atoms with Gasteiger partial charge in [-0.05, 0) is 28.2 Å². The van der Waals surface area contributed by atoms with Crippen LogP contribution in [-0.4, -0.2) is 60.7 Å². The Labute approximate surface area is 84.0 Å². The van der Waals surface area contributed by atoms with Crippen LogP contribution in [0.1, 0.15) is 0 Å². The highest BCUT2D eigenvalue weighted by molar-refractivity contribution is 7.08. The summed E-state index contributed by atoms with van der Waals surface area (Å²) in [5.41, 5.74) is 0. The molecule has 1 aliphatic rings. The molecule has 0 N–H and O–H groups in total. The van der Waals surface area contributed by atoms with E-state index in [-0.39, 0.29) is 12.8 Å². The van der Waals surface area contributed by atoms with Crippen LogP contribution in [0.15, 0.2) is 0 Å². The summed E-state index contributed by atoms with van der Waals surface area (Å²) in [6.45, 7) is 0. The normalized spacial score (nSPS) is 25.5. The SMILES string of the molecule is CN1B(Cl)N(C)N(C)B(Cl)N1C. The molecule has 0 unspecified atom stereocenters.